The van der Waals surface area contributed by atoms with Crippen molar-refractivity contribution in [2.45, 2.75) is 90.8 Å². The molecule has 0 saturated heterocycles. The second kappa shape index (κ2) is 11.5. The average Bonchev–Trinajstić information content (AvgIpc) is 3.21. The van der Waals surface area contributed by atoms with Gasteiger partial charge in [-0.1, -0.05) is 29.8 Å². The lowest BCUT2D eigenvalue weighted by Crippen LogP contribution is -2.53. The smallest absolute Gasteiger partial charge is 0.408 e. The number of ether oxygens (including phenoxy) is 1. The molecule has 1 aromatic carbocycles. The van der Waals surface area contributed by atoms with Gasteiger partial charge in [0.1, 0.15) is 5.60 Å². The predicted molar refractivity (Wildman–Crippen MR) is 143 cm³/mol. The molecule has 1 amide bonds. The maximum absolute atomic E-state index is 12.1. The second-order valence-corrected chi connectivity index (χ2v) is 12.1. The second-order valence-electron chi connectivity index (χ2n) is 11.2. The Hall–Kier alpha value is -2.12. The van der Waals surface area contributed by atoms with Gasteiger partial charge in [0.15, 0.2) is 5.13 Å². The molecule has 0 spiro atoms. The summed E-state index contributed by atoms with van der Waals surface area (Å²) in [6.45, 7) is 13.5. The first-order valence-corrected chi connectivity index (χ1v) is 13.4. The fourth-order valence-corrected chi connectivity index (χ4v) is 5.02. The van der Waals surface area contributed by atoms with Crippen molar-refractivity contribution in [1.29, 1.82) is 0 Å². The van der Waals surface area contributed by atoms with Crippen LogP contribution < -0.4 is 16.0 Å². The molecule has 188 valence electrons. The van der Waals surface area contributed by atoms with Crippen molar-refractivity contribution in [2.75, 3.05) is 18.4 Å². The standard InChI is InChI=1S/C27H42N4O2S/c1-19-7-11-21(12-8-19)23-17-34-24(30-23)28-16-15-20-9-13-22(14-10-20)29-18-27(5,6)31-25(32)33-26(2,3)4/h7-8,11-12,17,20,22,29H,9-10,13-16,18H2,1-6H3,(H,28,30)(H,31,32)/t20-,22+. The van der Waals surface area contributed by atoms with E-state index in [9.17, 15) is 4.79 Å². The predicted octanol–water partition coefficient (Wildman–Crippen LogP) is 6.37. The van der Waals surface area contributed by atoms with E-state index in [0.29, 0.717) is 6.04 Å². The Morgan fingerprint density at radius 3 is 2.41 bits per heavy atom. The van der Waals surface area contributed by atoms with Crippen molar-refractivity contribution in [3.63, 3.8) is 0 Å². The zero-order valence-corrected chi connectivity index (χ0v) is 22.5. The van der Waals surface area contributed by atoms with Crippen LogP contribution in [-0.2, 0) is 4.74 Å². The van der Waals surface area contributed by atoms with Gasteiger partial charge < -0.3 is 20.7 Å². The van der Waals surface area contributed by atoms with Crippen LogP contribution in [0.15, 0.2) is 29.6 Å². The Balaban J connectivity index is 1.32. The first-order valence-electron chi connectivity index (χ1n) is 12.5. The molecule has 1 aromatic heterocycles. The Kier molecular flexibility index (Phi) is 8.99. The SMILES string of the molecule is Cc1ccc(-c2csc(NCC[C@H]3CC[C@@H](NCC(C)(C)NC(=O)OC(C)(C)C)CC3)n2)cc1. The fourth-order valence-electron chi connectivity index (χ4n) is 4.27. The Morgan fingerprint density at radius 2 is 1.76 bits per heavy atom. The number of nitrogens with zero attached hydrogens (tertiary/aromatic N) is 1. The molecule has 34 heavy (non-hydrogen) atoms. The summed E-state index contributed by atoms with van der Waals surface area (Å²) >= 11 is 1.68. The van der Waals surface area contributed by atoms with Gasteiger partial charge in [-0.15, -0.1) is 11.3 Å². The molecule has 0 aliphatic heterocycles. The van der Waals surface area contributed by atoms with Crippen LogP contribution in [0.2, 0.25) is 0 Å². The molecule has 0 bridgehead atoms. The number of carbonyl (C=O) groups excluding carboxylic acids is 1. The highest BCUT2D eigenvalue weighted by Gasteiger charge is 2.27. The first-order chi connectivity index (χ1) is 16.0. The molecule has 0 radical (unpaired) electrons. The summed E-state index contributed by atoms with van der Waals surface area (Å²) in [5, 5.41) is 13.3. The molecule has 1 aliphatic carbocycles. The summed E-state index contributed by atoms with van der Waals surface area (Å²) < 4.78 is 5.39. The number of aryl methyl sites for hydroxylation is 1. The number of anilines is 1. The molecule has 1 fully saturated rings. The molecule has 0 unspecified atom stereocenters. The molecule has 0 atom stereocenters. The van der Waals surface area contributed by atoms with Gasteiger partial charge in [-0.2, -0.15) is 0 Å². The molecule has 3 rings (SSSR count). The summed E-state index contributed by atoms with van der Waals surface area (Å²) in [7, 11) is 0. The van der Waals surface area contributed by atoms with E-state index in [2.05, 4.69) is 52.5 Å². The van der Waals surface area contributed by atoms with E-state index < -0.39 is 5.60 Å². The monoisotopic (exact) mass is 486 g/mol. The van der Waals surface area contributed by atoms with Crippen LogP contribution in [0, 0.1) is 12.8 Å². The molecular weight excluding hydrogens is 444 g/mol. The van der Waals surface area contributed by atoms with Gasteiger partial charge in [0.05, 0.1) is 11.2 Å². The average molecular weight is 487 g/mol. The Labute approximate surface area is 209 Å². The summed E-state index contributed by atoms with van der Waals surface area (Å²) in [6, 6.07) is 9.04. The van der Waals surface area contributed by atoms with Crippen molar-refractivity contribution in [3.8, 4) is 11.3 Å². The maximum Gasteiger partial charge on any atom is 0.408 e. The van der Waals surface area contributed by atoms with Crippen LogP contribution in [-0.4, -0.2) is 41.3 Å². The Morgan fingerprint density at radius 1 is 1.09 bits per heavy atom. The van der Waals surface area contributed by atoms with Crippen LogP contribution in [0.25, 0.3) is 11.3 Å². The fraction of sp³-hybridized carbons (Fsp3) is 0.630. The van der Waals surface area contributed by atoms with Crippen LogP contribution >= 0.6 is 11.3 Å². The molecule has 6 nitrogen and oxygen atoms in total. The van der Waals surface area contributed by atoms with Gasteiger partial charge in [0.25, 0.3) is 0 Å². The molecule has 1 heterocycles. The van der Waals surface area contributed by atoms with Gasteiger partial charge in [-0.25, -0.2) is 9.78 Å². The molecule has 3 N–H and O–H groups in total. The molecular formula is C27H42N4O2S. The normalized spacial score (nSPS) is 19.0. The van der Waals surface area contributed by atoms with Gasteiger partial charge in [-0.05, 0) is 79.6 Å². The van der Waals surface area contributed by atoms with E-state index in [1.807, 2.05) is 34.6 Å². The zero-order chi connectivity index (χ0) is 24.8. The third-order valence-corrected chi connectivity index (χ3v) is 7.00. The zero-order valence-electron chi connectivity index (χ0n) is 21.7. The van der Waals surface area contributed by atoms with Crippen molar-refractivity contribution in [3.05, 3.63) is 35.2 Å². The Bertz CT molecular complexity index is 909. The van der Waals surface area contributed by atoms with E-state index in [4.69, 9.17) is 9.72 Å². The number of rotatable bonds is 9. The van der Waals surface area contributed by atoms with E-state index in [-0.39, 0.29) is 11.6 Å². The summed E-state index contributed by atoms with van der Waals surface area (Å²) in [5.41, 5.74) is 2.65. The first kappa shape index (κ1) is 26.5. The van der Waals surface area contributed by atoms with E-state index in [1.54, 1.807) is 11.3 Å². The van der Waals surface area contributed by atoms with Crippen molar-refractivity contribution in [2.24, 2.45) is 5.92 Å². The molecule has 1 saturated carbocycles. The highest BCUT2D eigenvalue weighted by Crippen LogP contribution is 2.28. The minimum atomic E-state index is -0.482. The third-order valence-electron chi connectivity index (χ3n) is 6.20. The maximum atomic E-state index is 12.1. The summed E-state index contributed by atoms with van der Waals surface area (Å²) in [4.78, 5) is 16.8. The summed E-state index contributed by atoms with van der Waals surface area (Å²) in [5.74, 6) is 0.759. The lowest BCUT2D eigenvalue weighted by atomic mass is 9.84. The van der Waals surface area contributed by atoms with Gasteiger partial charge in [0, 0.05) is 30.1 Å². The van der Waals surface area contributed by atoms with E-state index >= 15 is 0 Å². The van der Waals surface area contributed by atoms with Crippen LogP contribution in [0.3, 0.4) is 0 Å². The van der Waals surface area contributed by atoms with Crippen LogP contribution in [0.1, 0.15) is 72.3 Å². The van der Waals surface area contributed by atoms with Gasteiger partial charge in [-0.3, -0.25) is 0 Å². The number of aromatic nitrogens is 1. The highest BCUT2D eigenvalue weighted by molar-refractivity contribution is 7.14. The number of hydrogen-bond donors (Lipinski definition) is 3. The molecule has 1 aliphatic rings. The van der Waals surface area contributed by atoms with Crippen molar-refractivity contribution >= 4 is 22.6 Å². The lowest BCUT2D eigenvalue weighted by Gasteiger charge is -2.33. The van der Waals surface area contributed by atoms with Crippen molar-refractivity contribution < 1.29 is 9.53 Å². The number of thiazole rings is 1. The summed E-state index contributed by atoms with van der Waals surface area (Å²) in [6.07, 6.45) is 5.67. The number of amides is 1. The molecule has 2 aromatic rings. The van der Waals surface area contributed by atoms with E-state index in [1.165, 1.54) is 43.2 Å². The number of alkyl carbamates (subject to hydrolysis) is 1. The quantitative estimate of drug-likeness (QED) is 0.384. The van der Waals surface area contributed by atoms with Crippen molar-refractivity contribution in [1.82, 2.24) is 15.6 Å². The number of hydrogen-bond acceptors (Lipinski definition) is 6. The third kappa shape index (κ3) is 8.91. The largest absolute Gasteiger partial charge is 0.444 e. The highest BCUT2D eigenvalue weighted by atomic mass is 32.1. The van der Waals surface area contributed by atoms with Crippen LogP contribution in [0.5, 0.6) is 0 Å². The number of benzene rings is 1. The number of carbonyl (C=O) groups is 1. The molecule has 7 heteroatoms. The minimum absolute atomic E-state index is 0.353. The van der Waals surface area contributed by atoms with E-state index in [0.717, 1.165) is 29.8 Å². The van der Waals surface area contributed by atoms with Gasteiger partial charge in [0.2, 0.25) is 0 Å². The van der Waals surface area contributed by atoms with Gasteiger partial charge >= 0.3 is 6.09 Å². The minimum Gasteiger partial charge on any atom is -0.444 e. The number of nitrogens with one attached hydrogen (secondary N) is 3. The van der Waals surface area contributed by atoms with Crippen LogP contribution in [0.4, 0.5) is 9.93 Å². The topological polar surface area (TPSA) is 75.3 Å². The lowest BCUT2D eigenvalue weighted by molar-refractivity contribution is 0.0469.